The molecule has 3 N–H and O–H groups in total. The zero-order valence-electron chi connectivity index (χ0n) is 18.2. The Morgan fingerprint density at radius 3 is 2.39 bits per heavy atom. The number of benzene rings is 1. The highest BCUT2D eigenvalue weighted by molar-refractivity contribution is 7.99. The number of carbonyl (C=O) groups excluding carboxylic acids is 1. The van der Waals surface area contributed by atoms with Gasteiger partial charge in [0, 0.05) is 11.6 Å². The van der Waals surface area contributed by atoms with Crippen molar-refractivity contribution in [2.45, 2.75) is 56.6 Å². The lowest BCUT2D eigenvalue weighted by Crippen LogP contribution is -2.56. The first kappa shape index (κ1) is 20.7. The van der Waals surface area contributed by atoms with E-state index in [4.69, 9.17) is 10.6 Å². The fourth-order valence-electron chi connectivity index (χ4n) is 6.59. The van der Waals surface area contributed by atoms with Gasteiger partial charge in [-0.2, -0.15) is 0 Å². The molecule has 0 saturated heterocycles. The first-order valence-corrected chi connectivity index (χ1v) is 12.2. The summed E-state index contributed by atoms with van der Waals surface area (Å²) in [7, 11) is 1.63. The van der Waals surface area contributed by atoms with Crippen molar-refractivity contribution in [1.29, 1.82) is 0 Å². The van der Waals surface area contributed by atoms with Gasteiger partial charge < -0.3 is 15.9 Å². The number of aromatic nitrogens is 3. The second kappa shape index (κ2) is 8.04. The van der Waals surface area contributed by atoms with Gasteiger partial charge in [-0.1, -0.05) is 11.8 Å². The molecule has 4 bridgehead atoms. The van der Waals surface area contributed by atoms with Gasteiger partial charge in [-0.15, -0.1) is 10.2 Å². The summed E-state index contributed by atoms with van der Waals surface area (Å²) < 4.78 is 6.64. The van der Waals surface area contributed by atoms with Crippen LogP contribution in [0.2, 0.25) is 0 Å². The Morgan fingerprint density at radius 2 is 1.81 bits per heavy atom. The van der Waals surface area contributed by atoms with Crippen molar-refractivity contribution < 1.29 is 9.53 Å². The van der Waals surface area contributed by atoms with Crippen molar-refractivity contribution in [2.24, 2.45) is 23.2 Å². The molecule has 2 aromatic rings. The highest BCUT2D eigenvalue weighted by Gasteiger charge is 2.53. The Hall–Kier alpha value is -2.22. The van der Waals surface area contributed by atoms with Crippen LogP contribution in [0.1, 0.15) is 45.4 Å². The largest absolute Gasteiger partial charge is 0.497 e. The number of rotatable bonds is 7. The number of nitrogen functional groups attached to an aromatic ring is 1. The highest BCUT2D eigenvalue weighted by atomic mass is 32.2. The van der Waals surface area contributed by atoms with Crippen molar-refractivity contribution in [3.8, 4) is 17.1 Å². The van der Waals surface area contributed by atoms with Gasteiger partial charge in [-0.25, -0.2) is 4.68 Å². The Kier molecular flexibility index (Phi) is 5.36. The van der Waals surface area contributed by atoms with Crippen LogP contribution in [0.3, 0.4) is 0 Å². The molecule has 1 atom stereocenters. The Bertz CT molecular complexity index is 922. The molecule has 4 saturated carbocycles. The fourth-order valence-corrected chi connectivity index (χ4v) is 7.25. The van der Waals surface area contributed by atoms with Gasteiger partial charge in [-0.05, 0) is 92.9 Å². The van der Waals surface area contributed by atoms with E-state index in [1.807, 2.05) is 24.3 Å². The molecule has 7 nitrogen and oxygen atoms in total. The Balaban J connectivity index is 1.19. The molecule has 0 radical (unpaired) electrons. The van der Waals surface area contributed by atoms with E-state index in [1.165, 1.54) is 55.0 Å². The number of hydrogen-bond acceptors (Lipinski definition) is 6. The molecule has 1 amide bonds. The normalized spacial score (nSPS) is 29.7. The summed E-state index contributed by atoms with van der Waals surface area (Å²) in [6.07, 6.45) is 8.11. The molecule has 1 heterocycles. The summed E-state index contributed by atoms with van der Waals surface area (Å²) in [5.74, 6) is 10.5. The van der Waals surface area contributed by atoms with E-state index >= 15 is 0 Å². The van der Waals surface area contributed by atoms with Crippen molar-refractivity contribution in [1.82, 2.24) is 20.2 Å². The van der Waals surface area contributed by atoms with Gasteiger partial charge >= 0.3 is 0 Å². The molecule has 6 rings (SSSR count). The summed E-state index contributed by atoms with van der Waals surface area (Å²) in [5, 5.41) is 12.2. The van der Waals surface area contributed by atoms with E-state index in [2.05, 4.69) is 22.4 Å². The topological polar surface area (TPSA) is 95.1 Å². The Labute approximate surface area is 187 Å². The van der Waals surface area contributed by atoms with Crippen LogP contribution in [0, 0.1) is 23.2 Å². The first-order valence-electron chi connectivity index (χ1n) is 11.2. The lowest BCUT2D eigenvalue weighted by atomic mass is 9.48. The second-order valence-electron chi connectivity index (χ2n) is 9.76. The van der Waals surface area contributed by atoms with E-state index in [9.17, 15) is 4.79 Å². The molecule has 4 fully saturated rings. The molecular weight excluding hydrogens is 410 g/mol. The van der Waals surface area contributed by atoms with Crippen LogP contribution in [-0.2, 0) is 4.79 Å². The third-order valence-electron chi connectivity index (χ3n) is 7.73. The predicted molar refractivity (Wildman–Crippen MR) is 121 cm³/mol. The minimum absolute atomic E-state index is 0.0437. The van der Waals surface area contributed by atoms with Crippen LogP contribution in [0.25, 0.3) is 11.4 Å². The standard InChI is InChI=1S/C23H31N5O2S/c1-14(23-10-15-7-16(11-23)9-17(8-15)12-23)25-20(29)13-31-22-27-26-21(28(22)24)18-3-5-19(30-2)6-4-18/h3-6,14-17H,7-13,24H2,1-2H3,(H,25,29). The van der Waals surface area contributed by atoms with Crippen LogP contribution in [0.4, 0.5) is 0 Å². The van der Waals surface area contributed by atoms with E-state index in [1.54, 1.807) is 7.11 Å². The van der Waals surface area contributed by atoms with Crippen molar-refractivity contribution in [3.63, 3.8) is 0 Å². The van der Waals surface area contributed by atoms with Gasteiger partial charge in [0.05, 0.1) is 12.9 Å². The van der Waals surface area contributed by atoms with Crippen LogP contribution in [0.5, 0.6) is 5.75 Å². The van der Waals surface area contributed by atoms with E-state index in [0.717, 1.165) is 29.1 Å². The first-order chi connectivity index (χ1) is 15.0. The molecule has 166 valence electrons. The van der Waals surface area contributed by atoms with Gasteiger partial charge in [0.2, 0.25) is 11.1 Å². The number of nitrogens with two attached hydrogens (primary N) is 1. The number of amides is 1. The van der Waals surface area contributed by atoms with Crippen molar-refractivity contribution >= 4 is 17.7 Å². The summed E-state index contributed by atoms with van der Waals surface area (Å²) in [6.45, 7) is 2.21. The molecule has 1 aromatic heterocycles. The molecule has 0 aliphatic heterocycles. The smallest absolute Gasteiger partial charge is 0.230 e. The molecule has 4 aliphatic rings. The summed E-state index contributed by atoms with van der Waals surface area (Å²) >= 11 is 1.32. The number of methoxy groups -OCH3 is 1. The fraction of sp³-hybridized carbons (Fsp3) is 0.609. The molecule has 4 aliphatic carbocycles. The number of thioether (sulfide) groups is 1. The molecule has 0 spiro atoms. The van der Waals surface area contributed by atoms with Gasteiger partial charge in [0.25, 0.3) is 0 Å². The Morgan fingerprint density at radius 1 is 1.19 bits per heavy atom. The third-order valence-corrected chi connectivity index (χ3v) is 8.67. The quantitative estimate of drug-likeness (QED) is 0.505. The summed E-state index contributed by atoms with van der Waals surface area (Å²) in [6, 6.07) is 7.72. The minimum atomic E-state index is 0.0437. The maximum atomic E-state index is 12.7. The summed E-state index contributed by atoms with van der Waals surface area (Å²) in [4.78, 5) is 12.7. The SMILES string of the molecule is COc1ccc(-c2nnc(SCC(=O)NC(C)C34CC5CC(CC(C5)C3)C4)n2N)cc1. The molecule has 1 aromatic carbocycles. The average Bonchev–Trinajstić information content (AvgIpc) is 3.11. The number of hydrogen-bond donors (Lipinski definition) is 2. The molecule has 1 unspecified atom stereocenters. The second-order valence-corrected chi connectivity index (χ2v) is 10.7. The maximum Gasteiger partial charge on any atom is 0.230 e. The number of ether oxygens (including phenoxy) is 1. The third kappa shape index (κ3) is 3.90. The van der Waals surface area contributed by atoms with Gasteiger partial charge in [0.15, 0.2) is 5.82 Å². The van der Waals surface area contributed by atoms with Crippen molar-refractivity contribution in [3.05, 3.63) is 24.3 Å². The zero-order chi connectivity index (χ0) is 21.6. The number of nitrogens with one attached hydrogen (secondary N) is 1. The zero-order valence-corrected chi connectivity index (χ0v) is 19.0. The highest BCUT2D eigenvalue weighted by Crippen LogP contribution is 2.61. The lowest BCUT2D eigenvalue weighted by molar-refractivity contribution is -0.123. The van der Waals surface area contributed by atoms with Gasteiger partial charge in [0.1, 0.15) is 5.75 Å². The molecule has 8 heteroatoms. The minimum Gasteiger partial charge on any atom is -0.497 e. The van der Waals surface area contributed by atoms with Gasteiger partial charge in [-0.3, -0.25) is 4.79 Å². The van der Waals surface area contributed by atoms with E-state index in [0.29, 0.717) is 16.4 Å². The van der Waals surface area contributed by atoms with Crippen molar-refractivity contribution in [2.75, 3.05) is 18.7 Å². The van der Waals surface area contributed by atoms with Crippen LogP contribution in [-0.4, -0.2) is 39.7 Å². The average molecular weight is 442 g/mol. The number of carbonyl (C=O) groups is 1. The van der Waals surface area contributed by atoms with E-state index in [-0.39, 0.29) is 17.7 Å². The van der Waals surface area contributed by atoms with Crippen LogP contribution in [0.15, 0.2) is 29.4 Å². The van der Waals surface area contributed by atoms with Crippen LogP contribution < -0.4 is 15.9 Å². The van der Waals surface area contributed by atoms with E-state index < -0.39 is 0 Å². The summed E-state index contributed by atoms with van der Waals surface area (Å²) in [5.41, 5.74) is 1.16. The lowest BCUT2D eigenvalue weighted by Gasteiger charge is -2.59. The maximum absolute atomic E-state index is 12.7. The number of nitrogens with zero attached hydrogens (tertiary/aromatic N) is 3. The molecular formula is C23H31N5O2S. The molecule has 31 heavy (non-hydrogen) atoms. The predicted octanol–water partition coefficient (Wildman–Crippen LogP) is 3.48. The van der Waals surface area contributed by atoms with Crippen LogP contribution >= 0.6 is 11.8 Å². The monoisotopic (exact) mass is 441 g/mol.